The Hall–Kier alpha value is -0.436. The molecule has 0 bridgehead atoms. The molecular weight excluding hydrogens is 235 g/mol. The molecule has 0 aromatic heterocycles. The third-order valence-corrected chi connectivity index (χ3v) is 2.40. The Balaban J connectivity index is -0.000000980. The molecule has 3 heteroatoms. The van der Waals surface area contributed by atoms with E-state index in [1.807, 2.05) is 7.05 Å². The third kappa shape index (κ3) is 6.94. The molecule has 0 unspecified atom stereocenters. The van der Waals surface area contributed by atoms with E-state index in [0.717, 1.165) is 18.7 Å². The van der Waals surface area contributed by atoms with Crippen molar-refractivity contribution in [3.05, 3.63) is 37.2 Å². The van der Waals surface area contributed by atoms with Crippen LogP contribution in [0.4, 0.5) is 0 Å². The summed E-state index contributed by atoms with van der Waals surface area (Å²) in [4.78, 5) is 0. The predicted octanol–water partition coefficient (Wildman–Crippen LogP) is 2.72. The van der Waals surface area contributed by atoms with Crippen LogP contribution in [0.2, 0.25) is 0 Å². The van der Waals surface area contributed by atoms with Crippen molar-refractivity contribution < 1.29 is 20.0 Å². The van der Waals surface area contributed by atoms with E-state index in [4.69, 9.17) is 0 Å². The van der Waals surface area contributed by atoms with Crippen molar-refractivity contribution in [2.45, 2.75) is 20.3 Å². The second-order valence-electron chi connectivity index (χ2n) is 3.85. The molecule has 0 saturated heterocycles. The summed E-state index contributed by atoms with van der Waals surface area (Å²) in [6, 6.07) is 0. The van der Waals surface area contributed by atoms with Crippen LogP contribution in [0.3, 0.4) is 0 Å². The number of hydrogen-bond donors (Lipinski definition) is 2. The largest absolute Gasteiger partial charge is 0.383 e. The van der Waals surface area contributed by atoms with Gasteiger partial charge in [0.2, 0.25) is 0 Å². The van der Waals surface area contributed by atoms with Crippen LogP contribution in [-0.4, -0.2) is 13.6 Å². The first-order valence-corrected chi connectivity index (χ1v) is 5.43. The van der Waals surface area contributed by atoms with Crippen molar-refractivity contribution in [3.63, 3.8) is 0 Å². The van der Waals surface area contributed by atoms with E-state index < -0.39 is 0 Å². The van der Waals surface area contributed by atoms with Crippen LogP contribution >= 0.6 is 0 Å². The fraction of sp³-hybridized carbons (Fsp3) is 0.538. The molecule has 0 aliphatic rings. The minimum Gasteiger partial charge on any atom is -0.383 e. The second kappa shape index (κ2) is 11.1. The van der Waals surface area contributed by atoms with Crippen LogP contribution in [0.5, 0.6) is 0 Å². The smallest absolute Gasteiger partial charge is 0 e. The fourth-order valence-corrected chi connectivity index (χ4v) is 1.59. The van der Waals surface area contributed by atoms with Crippen LogP contribution < -0.4 is 10.6 Å². The minimum absolute atomic E-state index is 0. The zero-order valence-corrected chi connectivity index (χ0v) is 12.0. The molecule has 0 saturated carbocycles. The molecule has 0 aromatic rings. The Morgan fingerprint density at radius 1 is 1.44 bits per heavy atom. The van der Waals surface area contributed by atoms with E-state index in [1.165, 1.54) is 0 Å². The molecular formula is C13H25N2V-. The van der Waals surface area contributed by atoms with E-state index in [2.05, 4.69) is 43.7 Å². The maximum atomic E-state index is 3.68. The predicted molar refractivity (Wildman–Crippen MR) is 69.3 cm³/mol. The van der Waals surface area contributed by atoms with Gasteiger partial charge in [0.1, 0.15) is 0 Å². The first-order valence-electron chi connectivity index (χ1n) is 5.43. The van der Waals surface area contributed by atoms with Gasteiger partial charge in [0, 0.05) is 20.0 Å². The van der Waals surface area contributed by atoms with Gasteiger partial charge in [-0.2, -0.15) is 0 Å². The van der Waals surface area contributed by atoms with Gasteiger partial charge in [-0.1, -0.05) is 26.1 Å². The summed E-state index contributed by atoms with van der Waals surface area (Å²) in [7, 11) is 1.97. The molecule has 0 aromatic carbocycles. The molecule has 0 aliphatic heterocycles. The molecule has 2 nitrogen and oxygen atoms in total. The van der Waals surface area contributed by atoms with Gasteiger partial charge in [0.25, 0.3) is 0 Å². The van der Waals surface area contributed by atoms with Crippen LogP contribution in [0, 0.1) is 17.9 Å². The molecule has 16 heavy (non-hydrogen) atoms. The van der Waals surface area contributed by atoms with Gasteiger partial charge < -0.3 is 10.6 Å². The van der Waals surface area contributed by atoms with Crippen molar-refractivity contribution in [2.24, 2.45) is 11.8 Å². The molecule has 93 valence electrons. The third-order valence-electron chi connectivity index (χ3n) is 2.40. The monoisotopic (exact) mass is 260 g/mol. The van der Waals surface area contributed by atoms with Crippen molar-refractivity contribution in [1.82, 2.24) is 10.6 Å². The van der Waals surface area contributed by atoms with Gasteiger partial charge >= 0.3 is 0 Å². The first-order chi connectivity index (χ1) is 7.17. The van der Waals surface area contributed by atoms with Crippen LogP contribution in [-0.2, 0) is 18.6 Å². The Bertz CT molecular complexity index is 227. The summed E-state index contributed by atoms with van der Waals surface area (Å²) in [6.07, 6.45) is 7.62. The molecule has 0 spiro atoms. The summed E-state index contributed by atoms with van der Waals surface area (Å²) in [5.41, 5.74) is 1.07. The Morgan fingerprint density at radius 2 is 2.06 bits per heavy atom. The molecule has 1 radical (unpaired) electrons. The van der Waals surface area contributed by atoms with Gasteiger partial charge in [0.15, 0.2) is 0 Å². The number of rotatable bonds is 8. The van der Waals surface area contributed by atoms with Crippen molar-refractivity contribution in [1.29, 1.82) is 0 Å². The fourth-order valence-electron chi connectivity index (χ4n) is 1.59. The Kier molecular flexibility index (Phi) is 12.4. The number of hydrogen-bond acceptors (Lipinski definition) is 2. The van der Waals surface area contributed by atoms with Gasteiger partial charge in [-0.25, -0.2) is 18.7 Å². The molecule has 1 atom stereocenters. The van der Waals surface area contributed by atoms with Crippen molar-refractivity contribution >= 4 is 0 Å². The van der Waals surface area contributed by atoms with Gasteiger partial charge in [-0.05, 0) is 38.0 Å². The molecule has 0 fully saturated rings. The maximum Gasteiger partial charge on any atom is 0 e. The van der Waals surface area contributed by atoms with Crippen LogP contribution in [0.15, 0.2) is 31.1 Å². The zero-order valence-electron chi connectivity index (χ0n) is 10.6. The average Bonchev–Trinajstić information content (AvgIpc) is 2.18. The van der Waals surface area contributed by atoms with Gasteiger partial charge in [-0.15, -0.1) is 0 Å². The maximum absolute atomic E-state index is 3.68. The first kappa shape index (κ1) is 17.9. The molecule has 0 amide bonds. The topological polar surface area (TPSA) is 24.1 Å². The second-order valence-corrected chi connectivity index (χ2v) is 3.85. The number of nitrogens with one attached hydrogen (secondary N) is 2. The zero-order chi connectivity index (χ0) is 11.7. The van der Waals surface area contributed by atoms with Crippen LogP contribution in [0.1, 0.15) is 21.7 Å². The normalized spacial score (nSPS) is 12.9. The molecule has 0 aliphatic carbocycles. The summed E-state index contributed by atoms with van der Waals surface area (Å²) in [6.45, 7) is 12.8. The number of allylic oxidation sites excluding steroid dienone is 3. The van der Waals surface area contributed by atoms with E-state index in [-0.39, 0.29) is 20.0 Å². The summed E-state index contributed by atoms with van der Waals surface area (Å²) >= 11 is 0. The van der Waals surface area contributed by atoms with Crippen molar-refractivity contribution in [2.75, 3.05) is 13.6 Å². The van der Waals surface area contributed by atoms with E-state index in [9.17, 15) is 0 Å². The Labute approximate surface area is 114 Å². The summed E-state index contributed by atoms with van der Waals surface area (Å²) in [5, 5.41) is 6.32. The summed E-state index contributed by atoms with van der Waals surface area (Å²) < 4.78 is 0. The Morgan fingerprint density at radius 3 is 2.44 bits per heavy atom. The average molecular weight is 260 g/mol. The van der Waals surface area contributed by atoms with Gasteiger partial charge in [0.05, 0.1) is 0 Å². The van der Waals surface area contributed by atoms with Gasteiger partial charge in [-0.3, -0.25) is 0 Å². The van der Waals surface area contributed by atoms with E-state index in [0.29, 0.717) is 11.8 Å². The van der Waals surface area contributed by atoms with Crippen molar-refractivity contribution in [3.8, 4) is 0 Å². The standard InChI is InChI=1S/C13H23N2.V.H2/c1-6-8-13(15-7-2)12(11(3)4)9-10-14-5;;/h6-7,11-12,14-15H,1-2,9-10H2,3-5H3;;1H/q-1;;/t12-;;/m0../s1. The van der Waals surface area contributed by atoms with E-state index >= 15 is 0 Å². The molecule has 2 N–H and O–H groups in total. The summed E-state index contributed by atoms with van der Waals surface area (Å²) in [5.74, 6) is 1.04. The van der Waals surface area contributed by atoms with E-state index in [1.54, 1.807) is 12.3 Å². The minimum atomic E-state index is 0. The molecule has 0 heterocycles. The quantitative estimate of drug-likeness (QED) is 0.518. The molecule has 0 rings (SSSR count). The SMILES string of the molecule is C=C[C-]=C(NC=C)[C@@H](CCNC)C(C)C.[HH].[V]. The van der Waals surface area contributed by atoms with Crippen LogP contribution in [0.25, 0.3) is 0 Å².